The maximum Gasteiger partial charge on any atom is 0.303 e. The number of aliphatic carboxylic acids is 1. The van der Waals surface area contributed by atoms with E-state index in [2.05, 4.69) is 25.7 Å². The van der Waals surface area contributed by atoms with E-state index in [0.717, 1.165) is 32.4 Å². The lowest BCUT2D eigenvalue weighted by Crippen LogP contribution is -2.52. The number of hydrogen-bond acceptors (Lipinski definition) is 3. The van der Waals surface area contributed by atoms with Crippen molar-refractivity contribution in [2.24, 2.45) is 5.92 Å². The minimum Gasteiger partial charge on any atom is -0.481 e. The Hall–Kier alpha value is -0.610. The zero-order valence-electron chi connectivity index (χ0n) is 12.1. The molecule has 18 heavy (non-hydrogen) atoms. The molecule has 0 aromatic heterocycles. The van der Waals surface area contributed by atoms with Gasteiger partial charge in [0.1, 0.15) is 0 Å². The van der Waals surface area contributed by atoms with E-state index in [-0.39, 0.29) is 5.60 Å². The van der Waals surface area contributed by atoms with Crippen LogP contribution in [0.2, 0.25) is 0 Å². The summed E-state index contributed by atoms with van der Waals surface area (Å²) in [5, 5.41) is 8.75. The quantitative estimate of drug-likeness (QED) is 0.793. The molecule has 4 heteroatoms. The molecule has 0 aromatic rings. The van der Waals surface area contributed by atoms with Crippen molar-refractivity contribution in [2.75, 3.05) is 20.2 Å². The Labute approximate surface area is 110 Å². The largest absolute Gasteiger partial charge is 0.481 e. The van der Waals surface area contributed by atoms with Gasteiger partial charge in [0, 0.05) is 26.1 Å². The Bertz CT molecular complexity index is 278. The molecule has 1 aliphatic rings. The molecule has 2 unspecified atom stereocenters. The number of methoxy groups -OCH3 is 1. The lowest BCUT2D eigenvalue weighted by Gasteiger charge is -2.43. The minimum absolute atomic E-state index is 0.158. The molecule has 1 fully saturated rings. The number of piperidine rings is 1. The van der Waals surface area contributed by atoms with E-state index in [1.807, 2.05) is 0 Å². The van der Waals surface area contributed by atoms with Crippen molar-refractivity contribution in [2.45, 2.75) is 58.1 Å². The smallest absolute Gasteiger partial charge is 0.303 e. The zero-order valence-corrected chi connectivity index (χ0v) is 12.1. The molecule has 0 radical (unpaired) electrons. The first kappa shape index (κ1) is 15.4. The monoisotopic (exact) mass is 257 g/mol. The van der Waals surface area contributed by atoms with Gasteiger partial charge in [-0.05, 0) is 52.5 Å². The Morgan fingerprint density at radius 1 is 1.56 bits per heavy atom. The minimum atomic E-state index is -0.683. The normalized spacial score (nSPS) is 23.9. The van der Waals surface area contributed by atoms with Crippen molar-refractivity contribution in [3.63, 3.8) is 0 Å². The van der Waals surface area contributed by atoms with E-state index in [1.54, 1.807) is 7.11 Å². The fourth-order valence-electron chi connectivity index (χ4n) is 2.62. The van der Waals surface area contributed by atoms with Gasteiger partial charge in [-0.15, -0.1) is 0 Å². The molecule has 4 nitrogen and oxygen atoms in total. The third-order valence-electron chi connectivity index (χ3n) is 4.40. The predicted molar refractivity (Wildman–Crippen MR) is 71.7 cm³/mol. The number of rotatable bonds is 6. The van der Waals surface area contributed by atoms with Crippen LogP contribution in [0.15, 0.2) is 0 Å². The number of ether oxygens (including phenoxy) is 1. The number of likely N-dealkylation sites (tertiary alicyclic amines) is 1. The second-order valence-electron chi connectivity index (χ2n) is 5.92. The van der Waals surface area contributed by atoms with Crippen molar-refractivity contribution in [1.82, 2.24) is 4.90 Å². The van der Waals surface area contributed by atoms with Gasteiger partial charge in [0.05, 0.1) is 5.60 Å². The molecule has 106 valence electrons. The van der Waals surface area contributed by atoms with Gasteiger partial charge in [-0.2, -0.15) is 0 Å². The van der Waals surface area contributed by atoms with Crippen molar-refractivity contribution in [3.8, 4) is 0 Å². The first-order valence-electron chi connectivity index (χ1n) is 6.88. The molecule has 0 aromatic carbocycles. The van der Waals surface area contributed by atoms with Crippen LogP contribution in [-0.2, 0) is 9.53 Å². The summed E-state index contributed by atoms with van der Waals surface area (Å²) in [5.74, 6) is -0.164. The molecule has 0 bridgehead atoms. The topological polar surface area (TPSA) is 49.8 Å². The van der Waals surface area contributed by atoms with Crippen LogP contribution in [0, 0.1) is 5.92 Å². The first-order valence-corrected chi connectivity index (χ1v) is 6.88. The molecule has 1 heterocycles. The molecule has 0 aliphatic carbocycles. The van der Waals surface area contributed by atoms with Crippen molar-refractivity contribution < 1.29 is 14.6 Å². The third-order valence-corrected chi connectivity index (χ3v) is 4.40. The van der Waals surface area contributed by atoms with Crippen molar-refractivity contribution in [3.05, 3.63) is 0 Å². The molecular formula is C14H27NO3. The lowest BCUT2D eigenvalue weighted by atomic mass is 9.89. The summed E-state index contributed by atoms with van der Waals surface area (Å²) >= 11 is 0. The Kier molecular flexibility index (Phi) is 5.60. The van der Waals surface area contributed by atoms with Crippen LogP contribution in [0.3, 0.4) is 0 Å². The second kappa shape index (κ2) is 6.53. The van der Waals surface area contributed by atoms with E-state index < -0.39 is 5.97 Å². The van der Waals surface area contributed by atoms with Crippen LogP contribution in [0.25, 0.3) is 0 Å². The fourth-order valence-corrected chi connectivity index (χ4v) is 2.62. The van der Waals surface area contributed by atoms with Crippen molar-refractivity contribution in [1.29, 1.82) is 0 Å². The van der Waals surface area contributed by atoms with Gasteiger partial charge in [0.25, 0.3) is 0 Å². The van der Waals surface area contributed by atoms with E-state index in [0.29, 0.717) is 18.4 Å². The molecule has 2 atom stereocenters. The SMILES string of the molecule is COC(C)(C)C(C)N1CCCC(CCC(=O)O)C1. The lowest BCUT2D eigenvalue weighted by molar-refractivity contribution is -0.137. The van der Waals surface area contributed by atoms with Gasteiger partial charge in [0.15, 0.2) is 0 Å². The van der Waals surface area contributed by atoms with Gasteiger partial charge in [-0.25, -0.2) is 0 Å². The molecule has 1 saturated heterocycles. The fraction of sp³-hybridized carbons (Fsp3) is 0.929. The summed E-state index contributed by atoms with van der Waals surface area (Å²) in [4.78, 5) is 13.1. The average Bonchev–Trinajstić information content (AvgIpc) is 2.35. The molecule has 0 saturated carbocycles. The van der Waals surface area contributed by atoms with Crippen LogP contribution < -0.4 is 0 Å². The Morgan fingerprint density at radius 3 is 2.78 bits per heavy atom. The van der Waals surface area contributed by atoms with Gasteiger partial charge in [-0.1, -0.05) is 0 Å². The number of carbonyl (C=O) groups is 1. The molecule has 0 spiro atoms. The standard InChI is InChI=1S/C14H27NO3/c1-11(14(2,3)18-4)15-9-5-6-12(10-15)7-8-13(16)17/h11-12H,5-10H2,1-4H3,(H,16,17). The van der Waals surface area contributed by atoms with E-state index >= 15 is 0 Å². The molecule has 1 N–H and O–H groups in total. The van der Waals surface area contributed by atoms with Gasteiger partial charge < -0.3 is 9.84 Å². The summed E-state index contributed by atoms with van der Waals surface area (Å²) in [7, 11) is 1.75. The van der Waals surface area contributed by atoms with E-state index in [1.165, 1.54) is 0 Å². The van der Waals surface area contributed by atoms with Crippen LogP contribution >= 0.6 is 0 Å². The number of carboxylic acids is 1. The van der Waals surface area contributed by atoms with Gasteiger partial charge >= 0.3 is 5.97 Å². The van der Waals surface area contributed by atoms with E-state index in [4.69, 9.17) is 9.84 Å². The maximum atomic E-state index is 10.6. The summed E-state index contributed by atoms with van der Waals surface area (Å²) in [6.45, 7) is 8.51. The summed E-state index contributed by atoms with van der Waals surface area (Å²) in [6, 6.07) is 0.357. The Morgan fingerprint density at radius 2 is 2.22 bits per heavy atom. The number of nitrogens with zero attached hydrogens (tertiary/aromatic N) is 1. The van der Waals surface area contributed by atoms with Crippen LogP contribution in [0.5, 0.6) is 0 Å². The van der Waals surface area contributed by atoms with E-state index in [9.17, 15) is 4.79 Å². The summed E-state index contributed by atoms with van der Waals surface area (Å²) in [5.41, 5.74) is -0.158. The van der Waals surface area contributed by atoms with Gasteiger partial charge in [-0.3, -0.25) is 9.69 Å². The summed E-state index contributed by atoms with van der Waals surface area (Å²) in [6.07, 6.45) is 3.41. The van der Waals surface area contributed by atoms with Crippen molar-refractivity contribution >= 4 is 5.97 Å². The molecule has 1 rings (SSSR count). The number of hydrogen-bond donors (Lipinski definition) is 1. The van der Waals surface area contributed by atoms with Crippen LogP contribution in [0.1, 0.15) is 46.5 Å². The average molecular weight is 257 g/mol. The maximum absolute atomic E-state index is 10.6. The van der Waals surface area contributed by atoms with Crippen LogP contribution in [-0.4, -0.2) is 47.8 Å². The highest BCUT2D eigenvalue weighted by atomic mass is 16.5. The van der Waals surface area contributed by atoms with Gasteiger partial charge in [0.2, 0.25) is 0 Å². The number of carboxylic acid groups (broad SMARTS) is 1. The molecule has 1 aliphatic heterocycles. The molecule has 0 amide bonds. The highest BCUT2D eigenvalue weighted by Crippen LogP contribution is 2.27. The predicted octanol–water partition coefficient (Wildman–Crippen LogP) is 2.38. The second-order valence-corrected chi connectivity index (χ2v) is 5.92. The first-order chi connectivity index (χ1) is 8.36. The van der Waals surface area contributed by atoms with Crippen LogP contribution in [0.4, 0.5) is 0 Å². The highest BCUT2D eigenvalue weighted by molar-refractivity contribution is 5.66. The molecular weight excluding hydrogens is 230 g/mol. The third kappa shape index (κ3) is 4.25. The highest BCUT2D eigenvalue weighted by Gasteiger charge is 2.33. The zero-order chi connectivity index (χ0) is 13.8. The Balaban J connectivity index is 2.50. The summed E-state index contributed by atoms with van der Waals surface area (Å²) < 4.78 is 5.55.